The molecule has 0 heterocycles. The number of hydrogen-bond donors (Lipinski definition) is 2. The molecule has 21 heavy (non-hydrogen) atoms. The molecule has 2 rings (SSSR count). The van der Waals surface area contributed by atoms with Crippen LogP contribution in [-0.2, 0) is 10.0 Å². The third kappa shape index (κ3) is 3.69. The van der Waals surface area contributed by atoms with Crippen molar-refractivity contribution in [1.29, 1.82) is 0 Å². The van der Waals surface area contributed by atoms with Gasteiger partial charge in [0.2, 0.25) is 0 Å². The van der Waals surface area contributed by atoms with E-state index in [1.807, 2.05) is 12.3 Å². The molecule has 2 aromatic carbocycles. The Morgan fingerprint density at radius 2 is 2.00 bits per heavy atom. The molecule has 0 aliphatic carbocycles. The van der Waals surface area contributed by atoms with Crippen molar-refractivity contribution in [3.63, 3.8) is 0 Å². The molecule has 0 fully saturated rings. The van der Waals surface area contributed by atoms with Gasteiger partial charge >= 0.3 is 0 Å². The summed E-state index contributed by atoms with van der Waals surface area (Å²) >= 11 is 4.42. The average molecular weight is 391 g/mol. The van der Waals surface area contributed by atoms with Crippen LogP contribution in [0.15, 0.2) is 50.7 Å². The first-order valence-electron chi connectivity index (χ1n) is 5.75. The Bertz CT molecular complexity index is 782. The van der Waals surface area contributed by atoms with Gasteiger partial charge in [0.1, 0.15) is 4.90 Å². The molecule has 0 bridgehead atoms. The topological polar surface area (TPSA) is 72.2 Å². The maximum absolute atomic E-state index is 14.0. The second-order valence-electron chi connectivity index (χ2n) is 4.15. The fraction of sp³-hybridized carbons (Fsp3) is 0.0769. The normalized spacial score (nSPS) is 11.4. The van der Waals surface area contributed by atoms with Crippen LogP contribution in [0.4, 0.5) is 15.8 Å². The summed E-state index contributed by atoms with van der Waals surface area (Å²) in [5.74, 6) is -0.877. The van der Waals surface area contributed by atoms with Crippen molar-refractivity contribution in [2.24, 2.45) is 0 Å². The molecule has 0 saturated heterocycles. The number of nitrogens with one attached hydrogen (secondary N) is 1. The highest BCUT2D eigenvalue weighted by Gasteiger charge is 2.22. The first-order valence-corrected chi connectivity index (χ1v) is 9.25. The first-order chi connectivity index (χ1) is 9.83. The molecule has 8 heteroatoms. The maximum atomic E-state index is 14.0. The van der Waals surface area contributed by atoms with Crippen molar-refractivity contribution in [3.05, 3.63) is 46.7 Å². The van der Waals surface area contributed by atoms with Crippen LogP contribution >= 0.6 is 27.7 Å². The third-order valence-corrected chi connectivity index (χ3v) is 5.31. The molecule has 0 radical (unpaired) electrons. The molecule has 0 amide bonds. The van der Waals surface area contributed by atoms with Crippen LogP contribution in [0.3, 0.4) is 0 Å². The lowest BCUT2D eigenvalue weighted by atomic mass is 10.3. The highest BCUT2D eigenvalue weighted by molar-refractivity contribution is 9.10. The van der Waals surface area contributed by atoms with Crippen LogP contribution in [0.5, 0.6) is 0 Å². The van der Waals surface area contributed by atoms with Crippen molar-refractivity contribution in [2.45, 2.75) is 9.79 Å². The monoisotopic (exact) mass is 390 g/mol. The van der Waals surface area contributed by atoms with E-state index >= 15 is 0 Å². The van der Waals surface area contributed by atoms with Gasteiger partial charge in [-0.05, 0) is 52.5 Å². The van der Waals surface area contributed by atoms with Gasteiger partial charge < -0.3 is 5.73 Å². The van der Waals surface area contributed by atoms with Gasteiger partial charge in [0, 0.05) is 16.3 Å². The van der Waals surface area contributed by atoms with Gasteiger partial charge in [0.05, 0.1) is 4.47 Å². The predicted molar refractivity (Wildman–Crippen MR) is 87.5 cm³/mol. The molecular formula is C13H12BrFN2O2S2. The molecule has 0 atom stereocenters. The van der Waals surface area contributed by atoms with E-state index in [1.54, 1.807) is 18.2 Å². The largest absolute Gasteiger partial charge is 0.399 e. The van der Waals surface area contributed by atoms with Crippen LogP contribution in [0, 0.1) is 5.82 Å². The van der Waals surface area contributed by atoms with Gasteiger partial charge in [-0.1, -0.05) is 6.07 Å². The Kier molecular flexibility index (Phi) is 4.80. The second kappa shape index (κ2) is 6.25. The van der Waals surface area contributed by atoms with E-state index in [2.05, 4.69) is 20.7 Å². The van der Waals surface area contributed by atoms with Gasteiger partial charge in [-0.25, -0.2) is 12.8 Å². The molecule has 0 saturated carbocycles. The Morgan fingerprint density at radius 1 is 1.29 bits per heavy atom. The SMILES string of the molecule is CSc1cccc(NS(=O)(=O)c2cc(N)cc(Br)c2F)c1. The van der Waals surface area contributed by atoms with E-state index in [0.29, 0.717) is 5.69 Å². The van der Waals surface area contributed by atoms with E-state index in [-0.39, 0.29) is 10.2 Å². The van der Waals surface area contributed by atoms with Gasteiger partial charge in [-0.15, -0.1) is 11.8 Å². The summed E-state index contributed by atoms with van der Waals surface area (Å²) < 4.78 is 40.9. The number of benzene rings is 2. The van der Waals surface area contributed by atoms with Crippen molar-refractivity contribution in [1.82, 2.24) is 0 Å². The lowest BCUT2D eigenvalue weighted by Crippen LogP contribution is -2.15. The molecule has 0 aromatic heterocycles. The van der Waals surface area contributed by atoms with E-state index in [0.717, 1.165) is 11.0 Å². The number of nitrogen functional groups attached to an aromatic ring is 1. The van der Waals surface area contributed by atoms with Gasteiger partial charge in [-0.3, -0.25) is 4.72 Å². The summed E-state index contributed by atoms with van der Waals surface area (Å²) in [7, 11) is -4.06. The van der Waals surface area contributed by atoms with E-state index in [4.69, 9.17) is 5.73 Å². The smallest absolute Gasteiger partial charge is 0.264 e. The fourth-order valence-corrected chi connectivity index (χ4v) is 3.93. The first kappa shape index (κ1) is 16.1. The summed E-state index contributed by atoms with van der Waals surface area (Å²) in [6, 6.07) is 9.22. The van der Waals surface area contributed by atoms with E-state index in [9.17, 15) is 12.8 Å². The van der Waals surface area contributed by atoms with Crippen LogP contribution in [0.1, 0.15) is 0 Å². The summed E-state index contributed by atoms with van der Waals surface area (Å²) in [5.41, 5.74) is 6.09. The Balaban J connectivity index is 2.43. The predicted octanol–water partition coefficient (Wildman–Crippen LogP) is 3.69. The van der Waals surface area contributed by atoms with Crippen molar-refractivity contribution < 1.29 is 12.8 Å². The van der Waals surface area contributed by atoms with Crippen molar-refractivity contribution >= 4 is 49.1 Å². The average Bonchev–Trinajstić information content (AvgIpc) is 2.42. The number of thioether (sulfide) groups is 1. The van der Waals surface area contributed by atoms with Crippen molar-refractivity contribution in [2.75, 3.05) is 16.7 Å². The Morgan fingerprint density at radius 3 is 2.67 bits per heavy atom. The fourth-order valence-electron chi connectivity index (χ4n) is 1.68. The molecule has 2 aromatic rings. The maximum Gasteiger partial charge on any atom is 0.264 e. The van der Waals surface area contributed by atoms with Crippen LogP contribution < -0.4 is 10.5 Å². The number of rotatable bonds is 4. The lowest BCUT2D eigenvalue weighted by molar-refractivity contribution is 0.567. The minimum Gasteiger partial charge on any atom is -0.399 e. The minimum atomic E-state index is -4.06. The molecule has 0 spiro atoms. The zero-order valence-corrected chi connectivity index (χ0v) is 14.1. The van der Waals surface area contributed by atoms with Gasteiger partial charge in [0.15, 0.2) is 5.82 Å². The summed E-state index contributed by atoms with van der Waals surface area (Å²) in [6.07, 6.45) is 1.88. The Hall–Kier alpha value is -1.25. The summed E-state index contributed by atoms with van der Waals surface area (Å²) in [4.78, 5) is 0.397. The molecule has 0 unspecified atom stereocenters. The second-order valence-corrected chi connectivity index (χ2v) is 7.54. The standard InChI is InChI=1S/C13H12BrFN2O2S2/c1-20-10-4-2-3-9(7-10)17-21(18,19)12-6-8(16)5-11(14)13(12)15/h2-7,17H,16H2,1H3. The van der Waals surface area contributed by atoms with E-state index in [1.165, 1.54) is 17.8 Å². The number of sulfonamides is 1. The minimum absolute atomic E-state index is 0.000685. The number of hydrogen-bond acceptors (Lipinski definition) is 4. The number of halogens is 2. The Labute approximate surface area is 135 Å². The zero-order valence-electron chi connectivity index (χ0n) is 10.9. The zero-order chi connectivity index (χ0) is 15.6. The summed E-state index contributed by atoms with van der Waals surface area (Å²) in [5, 5.41) is 0. The lowest BCUT2D eigenvalue weighted by Gasteiger charge is -2.11. The highest BCUT2D eigenvalue weighted by Crippen LogP contribution is 2.28. The molecular weight excluding hydrogens is 379 g/mol. The van der Waals surface area contributed by atoms with E-state index < -0.39 is 20.7 Å². The molecule has 3 N–H and O–H groups in total. The molecule has 112 valence electrons. The number of anilines is 2. The quantitative estimate of drug-likeness (QED) is 0.616. The van der Waals surface area contributed by atoms with Gasteiger partial charge in [0.25, 0.3) is 10.0 Å². The molecule has 0 aliphatic rings. The van der Waals surface area contributed by atoms with Crippen LogP contribution in [0.25, 0.3) is 0 Å². The number of nitrogens with two attached hydrogens (primary N) is 1. The molecule has 4 nitrogen and oxygen atoms in total. The third-order valence-electron chi connectivity index (χ3n) is 2.63. The van der Waals surface area contributed by atoms with Crippen LogP contribution in [0.2, 0.25) is 0 Å². The highest BCUT2D eigenvalue weighted by atomic mass is 79.9. The molecule has 0 aliphatic heterocycles. The van der Waals surface area contributed by atoms with Crippen molar-refractivity contribution in [3.8, 4) is 0 Å². The van der Waals surface area contributed by atoms with Crippen LogP contribution in [-0.4, -0.2) is 14.7 Å². The summed E-state index contributed by atoms with van der Waals surface area (Å²) in [6.45, 7) is 0. The van der Waals surface area contributed by atoms with Gasteiger partial charge in [-0.2, -0.15) is 0 Å².